The van der Waals surface area contributed by atoms with E-state index in [9.17, 15) is 0 Å². The van der Waals surface area contributed by atoms with E-state index >= 15 is 0 Å². The van der Waals surface area contributed by atoms with Crippen LogP contribution in [0.1, 0.15) is 29.5 Å². The Kier molecular flexibility index (Phi) is 2.49. The van der Waals surface area contributed by atoms with Crippen LogP contribution in [0.2, 0.25) is 0 Å². The molecule has 1 heteroatoms. The highest BCUT2D eigenvalue weighted by atomic mass is 14.9. The van der Waals surface area contributed by atoms with Crippen LogP contribution < -0.4 is 5.32 Å². The summed E-state index contributed by atoms with van der Waals surface area (Å²) in [7, 11) is 0. The fraction of sp³-hybridized carbons (Fsp3) is 0.571. The molecule has 2 aliphatic rings. The monoisotopic (exact) mass is 201 g/mol. The first-order valence-electron chi connectivity index (χ1n) is 6.23. The Morgan fingerprint density at radius 2 is 1.87 bits per heavy atom. The molecule has 1 aromatic rings. The lowest BCUT2D eigenvalue weighted by Gasteiger charge is -2.27. The predicted octanol–water partition coefficient (Wildman–Crippen LogP) is 2.33. The lowest BCUT2D eigenvalue weighted by Crippen LogP contribution is -2.43. The number of hydrogen-bond acceptors (Lipinski definition) is 1. The average Bonchev–Trinajstić information content (AvgIpc) is 2.23. The molecule has 1 aliphatic heterocycles. The molecule has 1 aromatic carbocycles. The van der Waals surface area contributed by atoms with Crippen molar-refractivity contribution >= 4 is 0 Å². The first-order valence-corrected chi connectivity index (χ1v) is 6.23. The summed E-state index contributed by atoms with van der Waals surface area (Å²) in [5.41, 5.74) is 4.80. The van der Waals surface area contributed by atoms with Crippen LogP contribution in [-0.2, 0) is 19.3 Å². The molecule has 1 heterocycles. The van der Waals surface area contributed by atoms with Crippen molar-refractivity contribution in [2.45, 2.75) is 32.1 Å². The molecule has 0 atom stereocenters. The molecule has 1 saturated heterocycles. The minimum Gasteiger partial charge on any atom is -0.316 e. The SMILES string of the molecule is c1cc2c(cc1CC1CNC1)CCCC2. The van der Waals surface area contributed by atoms with E-state index in [2.05, 4.69) is 23.5 Å². The number of benzene rings is 1. The van der Waals surface area contributed by atoms with Crippen LogP contribution in [0.3, 0.4) is 0 Å². The Hall–Kier alpha value is -0.820. The van der Waals surface area contributed by atoms with Gasteiger partial charge in [0.2, 0.25) is 0 Å². The molecule has 15 heavy (non-hydrogen) atoms. The highest BCUT2D eigenvalue weighted by molar-refractivity contribution is 5.34. The van der Waals surface area contributed by atoms with E-state index in [0.717, 1.165) is 5.92 Å². The third-order valence-corrected chi connectivity index (χ3v) is 3.80. The van der Waals surface area contributed by atoms with Gasteiger partial charge in [-0.25, -0.2) is 0 Å². The second-order valence-corrected chi connectivity index (χ2v) is 5.04. The third kappa shape index (κ3) is 1.93. The van der Waals surface area contributed by atoms with Gasteiger partial charge in [-0.05, 0) is 67.8 Å². The summed E-state index contributed by atoms with van der Waals surface area (Å²) in [6.45, 7) is 2.44. The van der Waals surface area contributed by atoms with Crippen LogP contribution in [0.4, 0.5) is 0 Å². The summed E-state index contributed by atoms with van der Waals surface area (Å²) in [4.78, 5) is 0. The summed E-state index contributed by atoms with van der Waals surface area (Å²) in [5.74, 6) is 0.895. The molecule has 0 spiro atoms. The molecule has 80 valence electrons. The Morgan fingerprint density at radius 3 is 2.60 bits per heavy atom. The molecule has 1 N–H and O–H groups in total. The Labute approximate surface area is 91.9 Å². The molecule has 0 radical (unpaired) electrons. The van der Waals surface area contributed by atoms with E-state index in [-0.39, 0.29) is 0 Å². The normalized spacial score (nSPS) is 20.8. The van der Waals surface area contributed by atoms with Crippen LogP contribution >= 0.6 is 0 Å². The maximum Gasteiger partial charge on any atom is -0.000506 e. The summed E-state index contributed by atoms with van der Waals surface area (Å²) in [6.07, 6.45) is 6.67. The summed E-state index contributed by atoms with van der Waals surface area (Å²) >= 11 is 0. The van der Waals surface area contributed by atoms with Gasteiger partial charge in [0, 0.05) is 0 Å². The zero-order valence-electron chi connectivity index (χ0n) is 9.26. The Bertz CT molecular complexity index is 352. The van der Waals surface area contributed by atoms with Gasteiger partial charge in [0.05, 0.1) is 0 Å². The first-order chi connectivity index (χ1) is 7.42. The molecule has 0 aromatic heterocycles. The van der Waals surface area contributed by atoms with Crippen LogP contribution in [0, 0.1) is 5.92 Å². The van der Waals surface area contributed by atoms with Crippen LogP contribution in [0.5, 0.6) is 0 Å². The van der Waals surface area contributed by atoms with Crippen LogP contribution in [-0.4, -0.2) is 13.1 Å². The van der Waals surface area contributed by atoms with Crippen molar-refractivity contribution in [3.8, 4) is 0 Å². The maximum atomic E-state index is 3.34. The standard InChI is InChI=1S/C14H19N/c1-2-4-14-8-11(5-6-13(14)3-1)7-12-9-15-10-12/h5-6,8,12,15H,1-4,7,9-10H2. The summed E-state index contributed by atoms with van der Waals surface area (Å²) in [5, 5.41) is 3.34. The van der Waals surface area contributed by atoms with Crippen LogP contribution in [0.25, 0.3) is 0 Å². The van der Waals surface area contributed by atoms with Gasteiger partial charge in [-0.15, -0.1) is 0 Å². The van der Waals surface area contributed by atoms with E-state index in [4.69, 9.17) is 0 Å². The molecule has 3 rings (SSSR count). The van der Waals surface area contributed by atoms with Gasteiger partial charge in [-0.1, -0.05) is 18.2 Å². The van der Waals surface area contributed by atoms with Gasteiger partial charge in [-0.3, -0.25) is 0 Å². The largest absolute Gasteiger partial charge is 0.316 e. The van der Waals surface area contributed by atoms with Gasteiger partial charge in [0.1, 0.15) is 0 Å². The molecule has 1 nitrogen and oxygen atoms in total. The average molecular weight is 201 g/mol. The smallest absolute Gasteiger partial charge is 0.000506 e. The van der Waals surface area contributed by atoms with Crippen molar-refractivity contribution in [1.82, 2.24) is 5.32 Å². The van der Waals surface area contributed by atoms with E-state index in [1.54, 1.807) is 16.7 Å². The third-order valence-electron chi connectivity index (χ3n) is 3.80. The molecule has 0 unspecified atom stereocenters. The van der Waals surface area contributed by atoms with Gasteiger partial charge in [0.15, 0.2) is 0 Å². The fourth-order valence-corrected chi connectivity index (χ4v) is 2.74. The zero-order chi connectivity index (χ0) is 10.1. The minimum atomic E-state index is 0.895. The lowest BCUT2D eigenvalue weighted by molar-refractivity contribution is 0.346. The minimum absolute atomic E-state index is 0.895. The van der Waals surface area contributed by atoms with Gasteiger partial charge < -0.3 is 5.32 Å². The van der Waals surface area contributed by atoms with E-state index < -0.39 is 0 Å². The van der Waals surface area contributed by atoms with Crippen molar-refractivity contribution in [1.29, 1.82) is 0 Å². The van der Waals surface area contributed by atoms with E-state index in [1.165, 1.54) is 45.2 Å². The molecule has 1 fully saturated rings. The number of nitrogens with one attached hydrogen (secondary N) is 1. The van der Waals surface area contributed by atoms with Crippen molar-refractivity contribution in [3.05, 3.63) is 34.9 Å². The van der Waals surface area contributed by atoms with Crippen molar-refractivity contribution in [2.75, 3.05) is 13.1 Å². The van der Waals surface area contributed by atoms with Gasteiger partial charge in [-0.2, -0.15) is 0 Å². The summed E-state index contributed by atoms with van der Waals surface area (Å²) in [6, 6.07) is 7.19. The zero-order valence-corrected chi connectivity index (χ0v) is 9.26. The second-order valence-electron chi connectivity index (χ2n) is 5.04. The van der Waals surface area contributed by atoms with Gasteiger partial charge >= 0.3 is 0 Å². The number of fused-ring (bicyclic) bond motifs is 1. The highest BCUT2D eigenvalue weighted by Gasteiger charge is 2.17. The quantitative estimate of drug-likeness (QED) is 0.774. The molecule has 0 amide bonds. The van der Waals surface area contributed by atoms with Crippen molar-refractivity contribution in [2.24, 2.45) is 5.92 Å². The fourth-order valence-electron chi connectivity index (χ4n) is 2.74. The number of rotatable bonds is 2. The predicted molar refractivity (Wildman–Crippen MR) is 63.1 cm³/mol. The lowest BCUT2D eigenvalue weighted by atomic mass is 9.87. The number of aryl methyl sites for hydroxylation is 2. The molecule has 0 saturated carbocycles. The molecule has 0 bridgehead atoms. The first kappa shape index (κ1) is 9.41. The molecular formula is C14H19N. The molecule has 1 aliphatic carbocycles. The summed E-state index contributed by atoms with van der Waals surface area (Å²) < 4.78 is 0. The highest BCUT2D eigenvalue weighted by Crippen LogP contribution is 2.23. The Morgan fingerprint density at radius 1 is 1.07 bits per heavy atom. The van der Waals surface area contributed by atoms with Crippen LogP contribution in [0.15, 0.2) is 18.2 Å². The van der Waals surface area contributed by atoms with Crippen molar-refractivity contribution < 1.29 is 0 Å². The number of hydrogen-bond donors (Lipinski definition) is 1. The van der Waals surface area contributed by atoms with E-state index in [1.807, 2.05) is 0 Å². The second kappa shape index (κ2) is 3.97. The van der Waals surface area contributed by atoms with Gasteiger partial charge in [0.25, 0.3) is 0 Å². The van der Waals surface area contributed by atoms with Crippen molar-refractivity contribution in [3.63, 3.8) is 0 Å². The van der Waals surface area contributed by atoms with E-state index in [0.29, 0.717) is 0 Å². The Balaban J connectivity index is 1.77. The topological polar surface area (TPSA) is 12.0 Å². The maximum absolute atomic E-state index is 3.34. The molecular weight excluding hydrogens is 182 g/mol.